The number of carboxylic acids is 1. The van der Waals surface area contributed by atoms with Gasteiger partial charge in [0.1, 0.15) is 5.69 Å². The maximum Gasteiger partial charge on any atom is 0.416 e. The van der Waals surface area contributed by atoms with E-state index in [0.717, 1.165) is 12.3 Å². The Labute approximate surface area is 104 Å². The lowest BCUT2D eigenvalue weighted by Crippen LogP contribution is -2.41. The van der Waals surface area contributed by atoms with E-state index >= 15 is 0 Å². The zero-order valence-corrected chi connectivity index (χ0v) is 9.31. The average Bonchev–Trinajstić information content (AvgIpc) is 2.34. The Kier molecular flexibility index (Phi) is 4.43. The number of aromatic nitrogens is 1. The van der Waals surface area contributed by atoms with Gasteiger partial charge in [-0.1, -0.05) is 0 Å². The molecule has 0 aliphatic rings. The van der Waals surface area contributed by atoms with Gasteiger partial charge in [-0.15, -0.1) is 0 Å². The van der Waals surface area contributed by atoms with Crippen LogP contribution in [0.5, 0.6) is 0 Å². The number of aliphatic hydroxyl groups is 1. The van der Waals surface area contributed by atoms with E-state index < -0.39 is 42.0 Å². The van der Waals surface area contributed by atoms with Crippen LogP contribution in [-0.4, -0.2) is 45.9 Å². The molecule has 0 fully saturated rings. The molecule has 1 heterocycles. The Balaban J connectivity index is 2.77. The number of aromatic carboxylic acids is 1. The van der Waals surface area contributed by atoms with Crippen LogP contribution in [0.15, 0.2) is 18.3 Å². The molecule has 1 aromatic rings. The zero-order valence-electron chi connectivity index (χ0n) is 9.31. The second-order valence-corrected chi connectivity index (χ2v) is 3.47. The summed E-state index contributed by atoms with van der Waals surface area (Å²) in [4.78, 5) is 25.7. The van der Waals surface area contributed by atoms with Crippen molar-refractivity contribution >= 4 is 11.9 Å². The van der Waals surface area contributed by atoms with Gasteiger partial charge in [0.05, 0.1) is 12.1 Å². The number of nitrogens with zero attached hydrogens (tertiary/aromatic N) is 1. The number of nitrogens with one attached hydrogen (secondary N) is 1. The van der Waals surface area contributed by atoms with Crippen LogP contribution in [0.25, 0.3) is 0 Å². The molecular formula is C10H9F3N2O4. The van der Waals surface area contributed by atoms with E-state index in [1.54, 1.807) is 5.32 Å². The molecular weight excluding hydrogens is 269 g/mol. The van der Waals surface area contributed by atoms with Crippen molar-refractivity contribution in [3.8, 4) is 0 Å². The Bertz CT molecular complexity index is 490. The van der Waals surface area contributed by atoms with Crippen LogP contribution >= 0.6 is 0 Å². The first-order valence-electron chi connectivity index (χ1n) is 4.94. The first-order valence-corrected chi connectivity index (χ1v) is 4.94. The highest BCUT2D eigenvalue weighted by atomic mass is 19.4. The van der Waals surface area contributed by atoms with Gasteiger partial charge in [0.2, 0.25) is 0 Å². The lowest BCUT2D eigenvalue weighted by molar-refractivity contribution is -0.201. The van der Waals surface area contributed by atoms with E-state index in [9.17, 15) is 22.8 Å². The molecule has 1 amide bonds. The number of rotatable bonds is 4. The fourth-order valence-electron chi connectivity index (χ4n) is 1.15. The molecule has 0 aliphatic carbocycles. The lowest BCUT2D eigenvalue weighted by Gasteiger charge is -2.15. The highest BCUT2D eigenvalue weighted by Gasteiger charge is 2.38. The number of carbonyl (C=O) groups excluding carboxylic acids is 1. The summed E-state index contributed by atoms with van der Waals surface area (Å²) >= 11 is 0. The van der Waals surface area contributed by atoms with Gasteiger partial charge in [0, 0.05) is 6.20 Å². The van der Waals surface area contributed by atoms with E-state index in [0.29, 0.717) is 0 Å². The fraction of sp³-hybridized carbons (Fsp3) is 0.300. The second kappa shape index (κ2) is 5.65. The van der Waals surface area contributed by atoms with Crippen molar-refractivity contribution in [2.45, 2.75) is 12.3 Å². The molecule has 0 spiro atoms. The number of alkyl halides is 3. The molecule has 1 unspecified atom stereocenters. The Morgan fingerprint density at radius 3 is 2.58 bits per heavy atom. The van der Waals surface area contributed by atoms with Gasteiger partial charge in [-0.25, -0.2) is 4.79 Å². The third-order valence-electron chi connectivity index (χ3n) is 2.09. The monoisotopic (exact) mass is 278 g/mol. The summed E-state index contributed by atoms with van der Waals surface area (Å²) in [5, 5.41) is 19.2. The topological polar surface area (TPSA) is 99.5 Å². The van der Waals surface area contributed by atoms with Gasteiger partial charge in [-0.2, -0.15) is 13.2 Å². The largest absolute Gasteiger partial charge is 0.478 e. The van der Waals surface area contributed by atoms with Gasteiger partial charge < -0.3 is 15.5 Å². The average molecular weight is 278 g/mol. The predicted octanol–water partition coefficient (Wildman–Crippen LogP) is 0.433. The molecule has 19 heavy (non-hydrogen) atoms. The minimum Gasteiger partial charge on any atom is -0.478 e. The number of pyridine rings is 1. The van der Waals surface area contributed by atoms with Crippen molar-refractivity contribution < 1.29 is 33.0 Å². The minimum absolute atomic E-state index is 0.443. The lowest BCUT2D eigenvalue weighted by atomic mass is 10.2. The number of hydrogen-bond acceptors (Lipinski definition) is 4. The van der Waals surface area contributed by atoms with E-state index in [1.807, 2.05) is 0 Å². The second-order valence-electron chi connectivity index (χ2n) is 3.47. The van der Waals surface area contributed by atoms with E-state index in [-0.39, 0.29) is 0 Å². The van der Waals surface area contributed by atoms with Gasteiger partial charge in [-0.3, -0.25) is 9.78 Å². The molecule has 0 aromatic carbocycles. The summed E-state index contributed by atoms with van der Waals surface area (Å²) < 4.78 is 36.0. The molecule has 6 nitrogen and oxygen atoms in total. The van der Waals surface area contributed by atoms with Crippen molar-refractivity contribution in [1.29, 1.82) is 0 Å². The van der Waals surface area contributed by atoms with Gasteiger partial charge >= 0.3 is 12.1 Å². The molecule has 3 N–H and O–H groups in total. The zero-order chi connectivity index (χ0) is 14.6. The normalized spacial score (nSPS) is 12.8. The molecule has 1 aromatic heterocycles. The molecule has 1 atom stereocenters. The summed E-state index contributed by atoms with van der Waals surface area (Å²) in [6, 6.07) is 2.36. The van der Waals surface area contributed by atoms with Crippen molar-refractivity contribution in [1.82, 2.24) is 10.3 Å². The molecule has 0 aliphatic heterocycles. The fourth-order valence-corrected chi connectivity index (χ4v) is 1.15. The first kappa shape index (κ1) is 14.9. The third kappa shape index (κ3) is 3.91. The number of aliphatic hydroxyl groups excluding tert-OH is 1. The highest BCUT2D eigenvalue weighted by molar-refractivity contribution is 6.03. The number of hydrogen-bond donors (Lipinski definition) is 3. The first-order chi connectivity index (χ1) is 8.73. The number of carbonyl (C=O) groups is 2. The smallest absolute Gasteiger partial charge is 0.416 e. The molecule has 0 bridgehead atoms. The van der Waals surface area contributed by atoms with Gasteiger partial charge in [-0.05, 0) is 12.1 Å². The van der Waals surface area contributed by atoms with Crippen molar-refractivity contribution in [2.24, 2.45) is 0 Å². The van der Waals surface area contributed by atoms with Gasteiger partial charge in [0.15, 0.2) is 6.10 Å². The summed E-state index contributed by atoms with van der Waals surface area (Å²) in [5.74, 6) is -2.55. The maximum absolute atomic E-state index is 12.0. The molecule has 0 radical (unpaired) electrons. The van der Waals surface area contributed by atoms with Crippen LogP contribution in [0.2, 0.25) is 0 Å². The molecule has 9 heteroatoms. The van der Waals surface area contributed by atoms with E-state index in [2.05, 4.69) is 4.98 Å². The highest BCUT2D eigenvalue weighted by Crippen LogP contribution is 2.19. The SMILES string of the molecule is O=C(O)c1cccnc1C(=O)NCC(O)C(F)(F)F. The van der Waals surface area contributed by atoms with Crippen molar-refractivity contribution in [2.75, 3.05) is 6.54 Å². The standard InChI is InChI=1S/C10H9F3N2O4/c11-10(12,13)6(16)4-15-8(17)7-5(9(18)19)2-1-3-14-7/h1-3,6,16H,4H2,(H,15,17)(H,18,19). The van der Waals surface area contributed by atoms with Crippen LogP contribution in [0.4, 0.5) is 13.2 Å². The summed E-state index contributed by atoms with van der Waals surface area (Å²) in [6.07, 6.45) is -6.47. The Hall–Kier alpha value is -2.16. The summed E-state index contributed by atoms with van der Waals surface area (Å²) in [5.41, 5.74) is -0.967. The number of carboxylic acid groups (broad SMARTS) is 1. The summed E-state index contributed by atoms with van der Waals surface area (Å²) in [7, 11) is 0. The Morgan fingerprint density at radius 1 is 1.42 bits per heavy atom. The van der Waals surface area contributed by atoms with E-state index in [1.165, 1.54) is 6.07 Å². The minimum atomic E-state index is -4.87. The molecule has 1 rings (SSSR count). The quantitative estimate of drug-likeness (QED) is 0.741. The summed E-state index contributed by atoms with van der Waals surface area (Å²) in [6.45, 7) is -1.09. The van der Waals surface area contributed by atoms with Crippen LogP contribution < -0.4 is 5.32 Å². The number of amides is 1. The van der Waals surface area contributed by atoms with Crippen LogP contribution in [0.3, 0.4) is 0 Å². The van der Waals surface area contributed by atoms with Crippen LogP contribution in [-0.2, 0) is 0 Å². The van der Waals surface area contributed by atoms with Crippen molar-refractivity contribution in [3.05, 3.63) is 29.6 Å². The molecule has 0 saturated heterocycles. The predicted molar refractivity (Wildman–Crippen MR) is 55.6 cm³/mol. The maximum atomic E-state index is 12.0. The van der Waals surface area contributed by atoms with Gasteiger partial charge in [0.25, 0.3) is 5.91 Å². The number of halogens is 3. The van der Waals surface area contributed by atoms with Crippen LogP contribution in [0, 0.1) is 0 Å². The molecule has 0 saturated carbocycles. The third-order valence-corrected chi connectivity index (χ3v) is 2.09. The van der Waals surface area contributed by atoms with E-state index in [4.69, 9.17) is 10.2 Å². The van der Waals surface area contributed by atoms with Crippen LogP contribution in [0.1, 0.15) is 20.8 Å². The molecule has 104 valence electrons. The van der Waals surface area contributed by atoms with Crippen molar-refractivity contribution in [3.63, 3.8) is 0 Å². The Morgan fingerprint density at radius 2 is 2.05 bits per heavy atom.